The Kier molecular flexibility index (Phi) is 6.16. The van der Waals surface area contributed by atoms with Crippen LogP contribution in [0.4, 0.5) is 5.13 Å². The zero-order valence-corrected chi connectivity index (χ0v) is 19.6. The summed E-state index contributed by atoms with van der Waals surface area (Å²) in [7, 11) is -3.85. The zero-order valence-electron chi connectivity index (χ0n) is 15.5. The van der Waals surface area contributed by atoms with Crippen LogP contribution in [0.1, 0.15) is 12.5 Å². The van der Waals surface area contributed by atoms with Crippen LogP contribution in [0.15, 0.2) is 56.5 Å². The average molecular weight is 499 g/mol. The van der Waals surface area contributed by atoms with E-state index in [0.29, 0.717) is 26.1 Å². The van der Waals surface area contributed by atoms with Crippen LogP contribution in [0.3, 0.4) is 0 Å². The first-order valence-electron chi connectivity index (χ1n) is 8.73. The van der Waals surface area contributed by atoms with Crippen molar-refractivity contribution in [1.29, 1.82) is 0 Å². The second-order valence-corrected chi connectivity index (χ2v) is 11.7. The van der Waals surface area contributed by atoms with Gasteiger partial charge in [-0.25, -0.2) is 8.42 Å². The number of hydrogen-bond acceptors (Lipinski definition) is 8. The van der Waals surface area contributed by atoms with Gasteiger partial charge in [0.1, 0.15) is 0 Å². The van der Waals surface area contributed by atoms with Crippen LogP contribution in [0, 0.1) is 0 Å². The molecule has 0 saturated heterocycles. The van der Waals surface area contributed by atoms with Crippen molar-refractivity contribution in [2.45, 2.75) is 22.7 Å². The molecule has 4 aromatic rings. The van der Waals surface area contributed by atoms with Gasteiger partial charge in [0, 0.05) is 5.02 Å². The number of fused-ring (bicyclic) bond motifs is 1. The number of halogens is 1. The van der Waals surface area contributed by atoms with Crippen LogP contribution in [-0.4, -0.2) is 28.9 Å². The minimum absolute atomic E-state index is 0.0565. The number of benzene rings is 2. The molecule has 156 valence electrons. The van der Waals surface area contributed by atoms with E-state index in [2.05, 4.69) is 14.9 Å². The van der Waals surface area contributed by atoms with Crippen molar-refractivity contribution in [3.8, 4) is 0 Å². The quantitative estimate of drug-likeness (QED) is 0.376. The summed E-state index contributed by atoms with van der Waals surface area (Å²) in [4.78, 5) is 12.4. The Morgan fingerprint density at radius 1 is 1.17 bits per heavy atom. The Hall–Kier alpha value is -1.92. The molecule has 0 spiro atoms. The van der Waals surface area contributed by atoms with Crippen molar-refractivity contribution in [3.63, 3.8) is 0 Å². The number of nitrogens with one attached hydrogen (secondary N) is 1. The summed E-state index contributed by atoms with van der Waals surface area (Å²) >= 11 is 9.88. The maximum absolute atomic E-state index is 12.8. The van der Waals surface area contributed by atoms with E-state index in [4.69, 9.17) is 11.6 Å². The molecular formula is C18H15ClN4O3S4. The Balaban J connectivity index is 1.65. The van der Waals surface area contributed by atoms with Crippen LogP contribution in [-0.2, 0) is 16.6 Å². The van der Waals surface area contributed by atoms with Crippen molar-refractivity contribution in [2.75, 3.05) is 10.5 Å². The van der Waals surface area contributed by atoms with E-state index in [1.807, 2.05) is 25.1 Å². The summed E-state index contributed by atoms with van der Waals surface area (Å²) in [5.41, 5.74) is 1.47. The second-order valence-electron chi connectivity index (χ2n) is 6.09. The van der Waals surface area contributed by atoms with Crippen LogP contribution in [0.5, 0.6) is 0 Å². The molecule has 12 heteroatoms. The summed E-state index contributed by atoms with van der Waals surface area (Å²) < 4.78 is 30.8. The highest BCUT2D eigenvalue weighted by Gasteiger charge is 2.19. The van der Waals surface area contributed by atoms with E-state index in [1.54, 1.807) is 16.7 Å². The van der Waals surface area contributed by atoms with E-state index in [9.17, 15) is 13.2 Å². The lowest BCUT2D eigenvalue weighted by Gasteiger charge is -2.07. The maximum Gasteiger partial charge on any atom is 0.308 e. The predicted molar refractivity (Wildman–Crippen MR) is 124 cm³/mol. The molecule has 0 aliphatic carbocycles. The molecule has 0 atom stereocenters. The molecule has 0 unspecified atom stereocenters. The largest absolute Gasteiger partial charge is 0.308 e. The van der Waals surface area contributed by atoms with Crippen LogP contribution in [0.25, 0.3) is 10.2 Å². The number of anilines is 1. The van der Waals surface area contributed by atoms with Gasteiger partial charge in [-0.05, 0) is 35.6 Å². The fourth-order valence-corrected chi connectivity index (χ4v) is 6.87. The molecule has 2 aromatic carbocycles. The highest BCUT2D eigenvalue weighted by molar-refractivity contribution is 8.01. The van der Waals surface area contributed by atoms with E-state index in [0.717, 1.165) is 22.7 Å². The molecule has 1 N–H and O–H groups in total. The van der Waals surface area contributed by atoms with Gasteiger partial charge in [-0.2, -0.15) is 0 Å². The third kappa shape index (κ3) is 4.40. The first-order valence-corrected chi connectivity index (χ1v) is 13.2. The molecule has 0 aliphatic rings. The minimum atomic E-state index is -3.85. The normalized spacial score (nSPS) is 11.8. The van der Waals surface area contributed by atoms with Gasteiger partial charge in [0.25, 0.3) is 10.0 Å². The molecule has 2 aromatic heterocycles. The monoisotopic (exact) mass is 498 g/mol. The summed E-state index contributed by atoms with van der Waals surface area (Å²) in [6, 6.07) is 11.9. The van der Waals surface area contributed by atoms with Crippen LogP contribution < -0.4 is 9.60 Å². The van der Waals surface area contributed by atoms with Gasteiger partial charge in [-0.3, -0.25) is 14.1 Å². The van der Waals surface area contributed by atoms with Gasteiger partial charge < -0.3 is 0 Å². The lowest BCUT2D eigenvalue weighted by Crippen LogP contribution is -2.14. The van der Waals surface area contributed by atoms with Gasteiger partial charge in [0.2, 0.25) is 5.13 Å². The number of hydrogen-bond donors (Lipinski definition) is 1. The van der Waals surface area contributed by atoms with Crippen LogP contribution in [0.2, 0.25) is 5.02 Å². The maximum atomic E-state index is 12.8. The Morgan fingerprint density at radius 2 is 1.97 bits per heavy atom. The number of nitrogens with zero attached hydrogens (tertiary/aromatic N) is 3. The SMILES string of the molecule is CCSc1nnc(NS(=O)(=O)c2ccc3c(c2)sc(=O)n3Cc2ccccc2Cl)s1. The van der Waals surface area contributed by atoms with E-state index in [1.165, 1.54) is 35.2 Å². The van der Waals surface area contributed by atoms with Gasteiger partial charge in [0.05, 0.1) is 21.7 Å². The molecule has 0 amide bonds. The number of rotatable bonds is 7. The fraction of sp³-hybridized carbons (Fsp3) is 0.167. The van der Waals surface area contributed by atoms with Gasteiger partial charge in [-0.1, -0.05) is 71.2 Å². The van der Waals surface area contributed by atoms with Crippen molar-refractivity contribution >= 4 is 71.4 Å². The number of thiazole rings is 1. The molecule has 2 heterocycles. The lowest BCUT2D eigenvalue weighted by molar-refractivity contribution is 0.601. The second kappa shape index (κ2) is 8.67. The zero-order chi connectivity index (χ0) is 21.3. The summed E-state index contributed by atoms with van der Waals surface area (Å²) in [6.07, 6.45) is 0. The highest BCUT2D eigenvalue weighted by Crippen LogP contribution is 2.28. The Bertz CT molecular complexity index is 1380. The molecule has 0 saturated carbocycles. The van der Waals surface area contributed by atoms with Crippen molar-refractivity contribution < 1.29 is 8.42 Å². The molecule has 30 heavy (non-hydrogen) atoms. The number of thioether (sulfide) groups is 1. The molecule has 0 bridgehead atoms. The minimum Gasteiger partial charge on any atom is -0.294 e. The molecule has 0 fully saturated rings. The first kappa shape index (κ1) is 21.3. The fourth-order valence-electron chi connectivity index (χ4n) is 2.77. The van der Waals surface area contributed by atoms with Crippen LogP contribution >= 0.6 is 46.0 Å². The van der Waals surface area contributed by atoms with Gasteiger partial charge in [-0.15, -0.1) is 10.2 Å². The molecule has 0 aliphatic heterocycles. The number of sulfonamides is 1. The van der Waals surface area contributed by atoms with E-state index >= 15 is 0 Å². The summed E-state index contributed by atoms with van der Waals surface area (Å²) in [6.45, 7) is 2.29. The third-order valence-corrected chi connectivity index (χ3v) is 8.76. The predicted octanol–water partition coefficient (Wildman–Crippen LogP) is 4.53. The van der Waals surface area contributed by atoms with E-state index < -0.39 is 10.0 Å². The highest BCUT2D eigenvalue weighted by atomic mass is 35.5. The standard InChI is InChI=1S/C18H15ClN4O3S4/c1-2-27-17-21-20-16(29-17)22-30(25,26)12-7-8-14-15(9-12)28-18(24)23(14)10-11-5-3-4-6-13(11)19/h3-9H,2,10H2,1H3,(H,20,22). The molecule has 4 rings (SSSR count). The third-order valence-electron chi connectivity index (χ3n) is 4.13. The average Bonchev–Trinajstić information content (AvgIpc) is 3.26. The Morgan fingerprint density at radius 3 is 2.73 bits per heavy atom. The summed E-state index contributed by atoms with van der Waals surface area (Å²) in [5, 5.41) is 8.60. The van der Waals surface area contributed by atoms with Gasteiger partial charge in [0.15, 0.2) is 4.34 Å². The van der Waals surface area contributed by atoms with Crippen molar-refractivity contribution in [1.82, 2.24) is 14.8 Å². The lowest BCUT2D eigenvalue weighted by atomic mass is 10.2. The van der Waals surface area contributed by atoms with E-state index in [-0.39, 0.29) is 14.9 Å². The van der Waals surface area contributed by atoms with Crippen molar-refractivity contribution in [2.24, 2.45) is 0 Å². The van der Waals surface area contributed by atoms with Gasteiger partial charge >= 0.3 is 4.87 Å². The first-order chi connectivity index (χ1) is 14.4. The number of aromatic nitrogens is 3. The smallest absolute Gasteiger partial charge is 0.294 e. The topological polar surface area (TPSA) is 94.0 Å². The molecular weight excluding hydrogens is 484 g/mol. The van der Waals surface area contributed by atoms with Crippen molar-refractivity contribution in [3.05, 3.63) is 62.7 Å². The summed E-state index contributed by atoms with van der Waals surface area (Å²) in [5.74, 6) is 0.822. The molecule has 7 nitrogen and oxygen atoms in total. The Labute approximate surface area is 189 Å². The molecule has 0 radical (unpaired) electrons.